The molecule has 3 nitrogen and oxygen atoms in total. The Morgan fingerprint density at radius 3 is 2.88 bits per heavy atom. The van der Waals surface area contributed by atoms with Crippen molar-refractivity contribution in [3.05, 3.63) is 51.9 Å². The fourth-order valence-corrected chi connectivity index (χ4v) is 1.83. The van der Waals surface area contributed by atoms with E-state index in [1.807, 2.05) is 6.07 Å². The van der Waals surface area contributed by atoms with Crippen LogP contribution < -0.4 is 0 Å². The van der Waals surface area contributed by atoms with Gasteiger partial charge >= 0.3 is 0 Å². The smallest absolute Gasteiger partial charge is 0.143 e. The SMILES string of the molecule is Oc1c(Cl)cc(Cl)cc1C=NCc1ccco1. The third-order valence-corrected chi connectivity index (χ3v) is 2.62. The lowest BCUT2D eigenvalue weighted by Gasteiger charge is -2.01. The molecule has 0 radical (unpaired) electrons. The van der Waals surface area contributed by atoms with Crippen molar-refractivity contribution < 1.29 is 9.52 Å². The van der Waals surface area contributed by atoms with E-state index in [1.54, 1.807) is 18.4 Å². The summed E-state index contributed by atoms with van der Waals surface area (Å²) in [5, 5.41) is 10.3. The Kier molecular flexibility index (Phi) is 3.71. The highest BCUT2D eigenvalue weighted by Gasteiger charge is 2.05. The molecule has 17 heavy (non-hydrogen) atoms. The highest BCUT2D eigenvalue weighted by atomic mass is 35.5. The lowest BCUT2D eigenvalue weighted by atomic mass is 10.2. The average molecular weight is 270 g/mol. The van der Waals surface area contributed by atoms with Gasteiger partial charge in [-0.25, -0.2) is 0 Å². The van der Waals surface area contributed by atoms with E-state index in [9.17, 15) is 5.11 Å². The Balaban J connectivity index is 2.15. The number of aliphatic imine (C=N–C) groups is 1. The number of benzene rings is 1. The van der Waals surface area contributed by atoms with Gasteiger partial charge in [-0.1, -0.05) is 23.2 Å². The van der Waals surface area contributed by atoms with Gasteiger partial charge in [0.15, 0.2) is 0 Å². The Bertz CT molecular complexity index is 536. The molecule has 0 fully saturated rings. The zero-order valence-electron chi connectivity index (χ0n) is 8.73. The molecule has 1 aromatic carbocycles. The van der Waals surface area contributed by atoms with Gasteiger partial charge in [-0.2, -0.15) is 0 Å². The number of furan rings is 1. The predicted molar refractivity (Wildman–Crippen MR) is 68.1 cm³/mol. The van der Waals surface area contributed by atoms with E-state index in [-0.39, 0.29) is 10.8 Å². The maximum absolute atomic E-state index is 9.67. The molecule has 0 spiro atoms. The lowest BCUT2D eigenvalue weighted by molar-refractivity contribution is 0.474. The number of aromatic hydroxyl groups is 1. The summed E-state index contributed by atoms with van der Waals surface area (Å²) >= 11 is 11.6. The number of nitrogens with zero attached hydrogens (tertiary/aromatic N) is 1. The van der Waals surface area contributed by atoms with E-state index in [1.165, 1.54) is 12.3 Å². The lowest BCUT2D eigenvalue weighted by Crippen LogP contribution is -1.85. The monoisotopic (exact) mass is 269 g/mol. The summed E-state index contributed by atoms with van der Waals surface area (Å²) in [6.07, 6.45) is 3.09. The quantitative estimate of drug-likeness (QED) is 0.859. The second-order valence-corrected chi connectivity index (χ2v) is 4.22. The zero-order valence-corrected chi connectivity index (χ0v) is 10.2. The topological polar surface area (TPSA) is 45.7 Å². The molecule has 1 aromatic heterocycles. The van der Waals surface area contributed by atoms with Crippen molar-refractivity contribution >= 4 is 29.4 Å². The minimum atomic E-state index is -0.0285. The summed E-state index contributed by atoms with van der Waals surface area (Å²) in [4.78, 5) is 4.13. The van der Waals surface area contributed by atoms with Crippen LogP contribution in [-0.2, 0) is 6.54 Å². The first kappa shape index (κ1) is 12.0. The van der Waals surface area contributed by atoms with Crippen molar-refractivity contribution in [2.45, 2.75) is 6.54 Å². The van der Waals surface area contributed by atoms with E-state index >= 15 is 0 Å². The molecule has 0 aliphatic carbocycles. The predicted octanol–water partition coefficient (Wildman–Crippen LogP) is 3.91. The Labute approximate surface area is 108 Å². The second-order valence-electron chi connectivity index (χ2n) is 3.37. The van der Waals surface area contributed by atoms with Gasteiger partial charge in [0.1, 0.15) is 11.5 Å². The van der Waals surface area contributed by atoms with Gasteiger partial charge in [0, 0.05) is 16.8 Å². The van der Waals surface area contributed by atoms with Gasteiger partial charge < -0.3 is 9.52 Å². The number of phenols is 1. The minimum Gasteiger partial charge on any atom is -0.506 e. The normalized spacial score (nSPS) is 11.2. The first-order valence-corrected chi connectivity index (χ1v) is 5.62. The summed E-state index contributed by atoms with van der Waals surface area (Å²) in [5.74, 6) is 0.716. The third-order valence-electron chi connectivity index (χ3n) is 2.12. The molecule has 0 unspecified atom stereocenters. The molecule has 5 heteroatoms. The van der Waals surface area contributed by atoms with Crippen LogP contribution in [0.5, 0.6) is 5.75 Å². The Hall–Kier alpha value is -1.45. The molecule has 2 rings (SSSR count). The van der Waals surface area contributed by atoms with Crippen molar-refractivity contribution in [2.75, 3.05) is 0 Å². The number of rotatable bonds is 3. The number of phenolic OH excluding ortho intramolecular Hbond substituents is 1. The molecule has 0 saturated heterocycles. The standard InChI is InChI=1S/C12H9Cl2NO2/c13-9-4-8(12(16)11(14)5-9)6-15-7-10-2-1-3-17-10/h1-6,16H,7H2. The first-order chi connectivity index (χ1) is 8.16. The molecular weight excluding hydrogens is 261 g/mol. The fraction of sp³-hybridized carbons (Fsp3) is 0.0833. The largest absolute Gasteiger partial charge is 0.506 e. The van der Waals surface area contributed by atoms with Gasteiger partial charge in [-0.05, 0) is 24.3 Å². The summed E-state index contributed by atoms with van der Waals surface area (Å²) in [6.45, 7) is 0.399. The highest BCUT2D eigenvalue weighted by Crippen LogP contribution is 2.30. The molecule has 0 bridgehead atoms. The van der Waals surface area contributed by atoms with Crippen LogP contribution in [0.4, 0.5) is 0 Å². The van der Waals surface area contributed by atoms with Crippen molar-refractivity contribution in [3.63, 3.8) is 0 Å². The fourth-order valence-electron chi connectivity index (χ4n) is 1.32. The number of hydrogen-bond acceptors (Lipinski definition) is 3. The number of hydrogen-bond donors (Lipinski definition) is 1. The zero-order chi connectivity index (χ0) is 12.3. The molecule has 2 aromatic rings. The van der Waals surface area contributed by atoms with Gasteiger partial charge in [0.25, 0.3) is 0 Å². The summed E-state index contributed by atoms with van der Waals surface area (Å²) in [5.41, 5.74) is 0.481. The highest BCUT2D eigenvalue weighted by molar-refractivity contribution is 6.36. The van der Waals surface area contributed by atoms with Gasteiger partial charge in [-0.3, -0.25) is 4.99 Å². The number of halogens is 2. The van der Waals surface area contributed by atoms with E-state index in [0.29, 0.717) is 17.1 Å². The first-order valence-electron chi connectivity index (χ1n) is 4.87. The molecule has 1 heterocycles. The van der Waals surface area contributed by atoms with Crippen molar-refractivity contribution in [1.29, 1.82) is 0 Å². The van der Waals surface area contributed by atoms with Crippen LogP contribution in [0.2, 0.25) is 10.0 Å². The van der Waals surface area contributed by atoms with Crippen LogP contribution in [0.25, 0.3) is 0 Å². The second kappa shape index (κ2) is 5.25. The summed E-state index contributed by atoms with van der Waals surface area (Å²) < 4.78 is 5.12. The van der Waals surface area contributed by atoms with E-state index in [4.69, 9.17) is 27.6 Å². The van der Waals surface area contributed by atoms with Crippen LogP contribution in [0.1, 0.15) is 11.3 Å². The van der Waals surface area contributed by atoms with Crippen LogP contribution >= 0.6 is 23.2 Å². The van der Waals surface area contributed by atoms with E-state index < -0.39 is 0 Å². The van der Waals surface area contributed by atoms with E-state index in [2.05, 4.69) is 4.99 Å². The van der Waals surface area contributed by atoms with Crippen LogP contribution in [0.15, 0.2) is 39.9 Å². The van der Waals surface area contributed by atoms with Gasteiger partial charge in [-0.15, -0.1) is 0 Å². The van der Waals surface area contributed by atoms with Crippen molar-refractivity contribution in [1.82, 2.24) is 0 Å². The molecule has 0 amide bonds. The van der Waals surface area contributed by atoms with Crippen molar-refractivity contribution in [3.8, 4) is 5.75 Å². The molecule has 88 valence electrons. The van der Waals surface area contributed by atoms with E-state index in [0.717, 1.165) is 5.76 Å². The molecule has 0 aliphatic rings. The summed E-state index contributed by atoms with van der Waals surface area (Å²) in [7, 11) is 0. The van der Waals surface area contributed by atoms with Gasteiger partial charge in [0.2, 0.25) is 0 Å². The van der Waals surface area contributed by atoms with Crippen LogP contribution in [-0.4, -0.2) is 11.3 Å². The van der Waals surface area contributed by atoms with Crippen molar-refractivity contribution in [2.24, 2.45) is 4.99 Å². The minimum absolute atomic E-state index is 0.0285. The maximum Gasteiger partial charge on any atom is 0.143 e. The maximum atomic E-state index is 9.67. The summed E-state index contributed by atoms with van der Waals surface area (Å²) in [6, 6.07) is 6.68. The molecule has 0 saturated carbocycles. The molecule has 1 N–H and O–H groups in total. The van der Waals surface area contributed by atoms with Crippen LogP contribution in [0.3, 0.4) is 0 Å². The molecule has 0 aliphatic heterocycles. The molecular formula is C12H9Cl2NO2. The Morgan fingerprint density at radius 2 is 2.18 bits per heavy atom. The Morgan fingerprint density at radius 1 is 1.35 bits per heavy atom. The van der Waals surface area contributed by atoms with Crippen LogP contribution in [0, 0.1) is 0 Å². The van der Waals surface area contributed by atoms with Gasteiger partial charge in [0.05, 0.1) is 17.8 Å². The molecule has 0 atom stereocenters. The average Bonchev–Trinajstić information content (AvgIpc) is 2.78. The third kappa shape index (κ3) is 3.02.